The molecule has 8 heavy (non-hydrogen) atoms. The summed E-state index contributed by atoms with van der Waals surface area (Å²) in [6.45, 7) is 7.83. The Morgan fingerprint density at radius 3 is 1.75 bits per heavy atom. The first-order chi connectivity index (χ1) is 3.42. The first-order valence-corrected chi connectivity index (χ1v) is 2.80. The van der Waals surface area contributed by atoms with E-state index < -0.39 is 0 Å². The van der Waals surface area contributed by atoms with E-state index in [4.69, 9.17) is 5.11 Å². The molecule has 0 saturated carbocycles. The van der Waals surface area contributed by atoms with E-state index in [1.165, 1.54) is 0 Å². The molecule has 0 aromatic rings. The Morgan fingerprint density at radius 2 is 1.75 bits per heavy atom. The molecule has 0 aromatic carbocycles. The van der Waals surface area contributed by atoms with Crippen molar-refractivity contribution >= 4 is 0 Å². The van der Waals surface area contributed by atoms with Gasteiger partial charge in [0.2, 0.25) is 0 Å². The van der Waals surface area contributed by atoms with E-state index in [-0.39, 0.29) is 5.41 Å². The molecule has 0 spiro atoms. The molecule has 0 saturated heterocycles. The molecule has 0 rings (SSSR count). The zero-order valence-electron chi connectivity index (χ0n) is 6.02. The highest BCUT2D eigenvalue weighted by atomic mass is 16.3. The van der Waals surface area contributed by atoms with Gasteiger partial charge >= 0.3 is 0 Å². The minimum atomic E-state index is 0.110. The summed E-state index contributed by atoms with van der Waals surface area (Å²) in [4.78, 5) is 0. The predicted molar refractivity (Wildman–Crippen MR) is 35.8 cm³/mol. The Balaban J connectivity index is 3.89. The molecule has 1 heteroatoms. The third-order valence-corrected chi connectivity index (χ3v) is 0.642. The SMILES string of the molecule is C/C(O)=C/C(C)(C)C. The molecule has 1 nitrogen and oxygen atoms in total. The van der Waals surface area contributed by atoms with Crippen molar-refractivity contribution in [3.8, 4) is 0 Å². The third kappa shape index (κ3) is 5.54. The molecule has 0 heterocycles. The normalized spacial score (nSPS) is 14.2. The summed E-state index contributed by atoms with van der Waals surface area (Å²) in [7, 11) is 0. The highest BCUT2D eigenvalue weighted by Gasteiger charge is 2.04. The highest BCUT2D eigenvalue weighted by molar-refractivity contribution is 4.94. The number of rotatable bonds is 0. The Labute approximate surface area is 51.0 Å². The molecular formula is C7H14O. The molecule has 48 valence electrons. The molecule has 0 aromatic heterocycles. The molecule has 0 aliphatic carbocycles. The molecule has 0 radical (unpaired) electrons. The van der Waals surface area contributed by atoms with Crippen molar-refractivity contribution in [3.63, 3.8) is 0 Å². The van der Waals surface area contributed by atoms with E-state index in [9.17, 15) is 0 Å². The molecule has 0 bridgehead atoms. The Kier molecular flexibility index (Phi) is 2.08. The quantitative estimate of drug-likeness (QED) is 0.480. The number of aliphatic hydroxyl groups is 1. The van der Waals surface area contributed by atoms with Crippen LogP contribution in [0.3, 0.4) is 0 Å². The van der Waals surface area contributed by atoms with Crippen LogP contribution >= 0.6 is 0 Å². The number of allylic oxidation sites excluding steroid dienone is 2. The largest absolute Gasteiger partial charge is 0.513 e. The first kappa shape index (κ1) is 7.54. The summed E-state index contributed by atoms with van der Waals surface area (Å²) < 4.78 is 0. The summed E-state index contributed by atoms with van der Waals surface area (Å²) in [6, 6.07) is 0. The fraction of sp³-hybridized carbons (Fsp3) is 0.714. The van der Waals surface area contributed by atoms with Gasteiger partial charge in [-0.15, -0.1) is 0 Å². The van der Waals surface area contributed by atoms with Crippen molar-refractivity contribution in [3.05, 3.63) is 11.8 Å². The molecule has 0 aliphatic rings. The lowest BCUT2D eigenvalue weighted by Crippen LogP contribution is -1.99. The van der Waals surface area contributed by atoms with Gasteiger partial charge in [-0.05, 0) is 18.4 Å². The van der Waals surface area contributed by atoms with E-state index in [0.29, 0.717) is 5.76 Å². The van der Waals surface area contributed by atoms with Crippen LogP contribution in [0.1, 0.15) is 27.7 Å². The van der Waals surface area contributed by atoms with Crippen molar-refractivity contribution in [2.75, 3.05) is 0 Å². The standard InChI is InChI=1S/C7H14O/c1-6(8)5-7(2,3)4/h5,8H,1-4H3/b6-5-. The number of hydrogen-bond donors (Lipinski definition) is 1. The molecule has 0 aliphatic heterocycles. The van der Waals surface area contributed by atoms with Crippen molar-refractivity contribution < 1.29 is 5.11 Å². The van der Waals surface area contributed by atoms with Crippen LogP contribution < -0.4 is 0 Å². The van der Waals surface area contributed by atoms with Gasteiger partial charge in [0.15, 0.2) is 0 Å². The summed E-state index contributed by atoms with van der Waals surface area (Å²) in [5.74, 6) is 0.400. The number of aliphatic hydroxyl groups excluding tert-OH is 1. The average Bonchev–Trinajstić information content (AvgIpc) is 1.21. The van der Waals surface area contributed by atoms with E-state index in [2.05, 4.69) is 0 Å². The van der Waals surface area contributed by atoms with Gasteiger partial charge in [0.25, 0.3) is 0 Å². The van der Waals surface area contributed by atoms with Crippen LogP contribution in [0.25, 0.3) is 0 Å². The highest BCUT2D eigenvalue weighted by Crippen LogP contribution is 2.15. The maximum atomic E-state index is 8.75. The molecular weight excluding hydrogens is 100 g/mol. The predicted octanol–water partition coefficient (Wildman–Crippen LogP) is 2.49. The van der Waals surface area contributed by atoms with Gasteiger partial charge in [-0.25, -0.2) is 0 Å². The van der Waals surface area contributed by atoms with Crippen LogP contribution in [0, 0.1) is 5.41 Å². The van der Waals surface area contributed by atoms with Gasteiger partial charge in [0, 0.05) is 0 Å². The molecule has 0 fully saturated rings. The zero-order chi connectivity index (χ0) is 6.78. The lowest BCUT2D eigenvalue weighted by Gasteiger charge is -2.10. The second-order valence-corrected chi connectivity index (χ2v) is 3.15. The Morgan fingerprint density at radius 1 is 1.38 bits per heavy atom. The Bertz CT molecular complexity index is 91.4. The van der Waals surface area contributed by atoms with Crippen molar-refractivity contribution in [2.24, 2.45) is 5.41 Å². The van der Waals surface area contributed by atoms with Crippen LogP contribution in [-0.2, 0) is 0 Å². The molecule has 0 amide bonds. The maximum absolute atomic E-state index is 8.75. The minimum absolute atomic E-state index is 0.110. The Hall–Kier alpha value is -0.460. The second-order valence-electron chi connectivity index (χ2n) is 3.15. The first-order valence-electron chi connectivity index (χ1n) is 2.80. The molecule has 0 atom stereocenters. The van der Waals surface area contributed by atoms with Gasteiger partial charge < -0.3 is 5.11 Å². The van der Waals surface area contributed by atoms with Gasteiger partial charge in [0.1, 0.15) is 0 Å². The summed E-state index contributed by atoms with van der Waals surface area (Å²) in [6.07, 6.45) is 1.83. The zero-order valence-corrected chi connectivity index (χ0v) is 6.02. The fourth-order valence-electron chi connectivity index (χ4n) is 0.627. The summed E-state index contributed by atoms with van der Waals surface area (Å²) in [5, 5.41) is 8.75. The number of hydrogen-bond acceptors (Lipinski definition) is 1. The van der Waals surface area contributed by atoms with Crippen LogP contribution in [0.4, 0.5) is 0 Å². The van der Waals surface area contributed by atoms with Crippen molar-refractivity contribution in [2.45, 2.75) is 27.7 Å². The third-order valence-electron chi connectivity index (χ3n) is 0.642. The summed E-state index contributed by atoms with van der Waals surface area (Å²) >= 11 is 0. The van der Waals surface area contributed by atoms with E-state index in [0.717, 1.165) is 0 Å². The second kappa shape index (κ2) is 2.21. The van der Waals surface area contributed by atoms with E-state index in [1.807, 2.05) is 26.8 Å². The van der Waals surface area contributed by atoms with E-state index in [1.54, 1.807) is 6.92 Å². The fourth-order valence-corrected chi connectivity index (χ4v) is 0.627. The van der Waals surface area contributed by atoms with Crippen molar-refractivity contribution in [1.29, 1.82) is 0 Å². The summed E-state index contributed by atoms with van der Waals surface area (Å²) in [5.41, 5.74) is 0.110. The van der Waals surface area contributed by atoms with Crippen LogP contribution in [0.5, 0.6) is 0 Å². The minimum Gasteiger partial charge on any atom is -0.513 e. The topological polar surface area (TPSA) is 20.2 Å². The lowest BCUT2D eigenvalue weighted by molar-refractivity contribution is 0.393. The van der Waals surface area contributed by atoms with Crippen LogP contribution in [0.2, 0.25) is 0 Å². The van der Waals surface area contributed by atoms with Crippen LogP contribution in [-0.4, -0.2) is 5.11 Å². The lowest BCUT2D eigenvalue weighted by atomic mass is 9.96. The average molecular weight is 114 g/mol. The van der Waals surface area contributed by atoms with E-state index >= 15 is 0 Å². The monoisotopic (exact) mass is 114 g/mol. The smallest absolute Gasteiger partial charge is 0.0857 e. The van der Waals surface area contributed by atoms with Gasteiger partial charge in [-0.3, -0.25) is 0 Å². The van der Waals surface area contributed by atoms with Gasteiger partial charge in [-0.1, -0.05) is 20.8 Å². The molecule has 1 N–H and O–H groups in total. The van der Waals surface area contributed by atoms with Gasteiger partial charge in [-0.2, -0.15) is 0 Å². The van der Waals surface area contributed by atoms with Gasteiger partial charge in [0.05, 0.1) is 5.76 Å². The molecule has 0 unspecified atom stereocenters. The van der Waals surface area contributed by atoms with Crippen LogP contribution in [0.15, 0.2) is 11.8 Å². The van der Waals surface area contributed by atoms with Crippen molar-refractivity contribution in [1.82, 2.24) is 0 Å². The maximum Gasteiger partial charge on any atom is 0.0857 e.